The Labute approximate surface area is 122 Å². The molecule has 0 aromatic rings. The van der Waals surface area contributed by atoms with E-state index in [1.165, 1.54) is 11.1 Å². The van der Waals surface area contributed by atoms with Gasteiger partial charge in [-0.15, -0.1) is 0 Å². The zero-order valence-electron chi connectivity index (χ0n) is 12.3. The molecule has 0 spiro atoms. The number of hydrogen-bond acceptors (Lipinski definition) is 2. The summed E-state index contributed by atoms with van der Waals surface area (Å²) in [4.78, 5) is 2.09. The highest BCUT2D eigenvalue weighted by molar-refractivity contribution is 5.29. The molecule has 0 aromatic heterocycles. The van der Waals surface area contributed by atoms with Gasteiger partial charge in [-0.1, -0.05) is 55.0 Å². The SMILES string of the molecule is C=C/C=C\C=C\N(/C=C/CO)CC1=CC(CC)=CCC1. The van der Waals surface area contributed by atoms with Crippen molar-refractivity contribution in [3.05, 3.63) is 72.7 Å². The molecule has 2 nitrogen and oxygen atoms in total. The molecule has 2 heteroatoms. The van der Waals surface area contributed by atoms with Crippen molar-refractivity contribution in [1.29, 1.82) is 0 Å². The largest absolute Gasteiger partial charge is 0.392 e. The van der Waals surface area contributed by atoms with Gasteiger partial charge in [-0.2, -0.15) is 0 Å². The van der Waals surface area contributed by atoms with Crippen LogP contribution in [-0.4, -0.2) is 23.2 Å². The summed E-state index contributed by atoms with van der Waals surface area (Å²) in [5.74, 6) is 0. The lowest BCUT2D eigenvalue weighted by Gasteiger charge is -2.20. The van der Waals surface area contributed by atoms with E-state index in [1.807, 2.05) is 30.6 Å². The van der Waals surface area contributed by atoms with Gasteiger partial charge in [0.1, 0.15) is 0 Å². The Hall–Kier alpha value is -1.80. The standard InChI is InChI=1S/C18H25NO/c1-3-5-6-7-12-19(13-9-14-20)16-18-11-8-10-17(4-2)15-18/h3,5-7,9-10,12-13,15,20H,1,4,8,11,14,16H2,2H3/b6-5-,12-7+,13-9+. The Morgan fingerprint density at radius 1 is 1.30 bits per heavy atom. The highest BCUT2D eigenvalue weighted by atomic mass is 16.2. The van der Waals surface area contributed by atoms with Gasteiger partial charge in [0, 0.05) is 18.9 Å². The third-order valence-electron chi connectivity index (χ3n) is 3.09. The van der Waals surface area contributed by atoms with Gasteiger partial charge in [-0.3, -0.25) is 0 Å². The zero-order valence-corrected chi connectivity index (χ0v) is 12.3. The summed E-state index contributed by atoms with van der Waals surface area (Å²) in [6.45, 7) is 6.76. The molecule has 0 amide bonds. The van der Waals surface area contributed by atoms with Crippen molar-refractivity contribution < 1.29 is 5.11 Å². The van der Waals surface area contributed by atoms with Gasteiger partial charge in [-0.05, 0) is 31.4 Å². The van der Waals surface area contributed by atoms with E-state index in [-0.39, 0.29) is 6.61 Å². The first-order valence-corrected chi connectivity index (χ1v) is 7.17. The molecule has 1 rings (SSSR count). The predicted molar refractivity (Wildman–Crippen MR) is 87.1 cm³/mol. The molecule has 108 valence electrons. The molecule has 0 unspecified atom stereocenters. The van der Waals surface area contributed by atoms with E-state index in [9.17, 15) is 0 Å². The Morgan fingerprint density at radius 2 is 2.15 bits per heavy atom. The van der Waals surface area contributed by atoms with Crippen molar-refractivity contribution in [3.63, 3.8) is 0 Å². The topological polar surface area (TPSA) is 23.5 Å². The third kappa shape index (κ3) is 6.39. The highest BCUT2D eigenvalue weighted by Gasteiger charge is 2.06. The van der Waals surface area contributed by atoms with Gasteiger partial charge >= 0.3 is 0 Å². The minimum atomic E-state index is 0.0615. The highest BCUT2D eigenvalue weighted by Crippen LogP contribution is 2.20. The molecule has 0 fully saturated rings. The van der Waals surface area contributed by atoms with Gasteiger partial charge in [0.25, 0.3) is 0 Å². The molecule has 0 radical (unpaired) electrons. The molecule has 1 aliphatic rings. The monoisotopic (exact) mass is 271 g/mol. The van der Waals surface area contributed by atoms with Crippen LogP contribution in [0, 0.1) is 0 Å². The van der Waals surface area contributed by atoms with Crippen LogP contribution >= 0.6 is 0 Å². The van der Waals surface area contributed by atoms with Crippen LogP contribution in [0.1, 0.15) is 26.2 Å². The normalized spacial score (nSPS) is 15.9. The van der Waals surface area contributed by atoms with E-state index < -0.39 is 0 Å². The van der Waals surface area contributed by atoms with E-state index in [0.29, 0.717) is 0 Å². The lowest BCUT2D eigenvalue weighted by molar-refractivity contribution is 0.340. The summed E-state index contributed by atoms with van der Waals surface area (Å²) < 4.78 is 0. The van der Waals surface area contributed by atoms with Gasteiger partial charge in [0.15, 0.2) is 0 Å². The Balaban J connectivity index is 2.69. The van der Waals surface area contributed by atoms with E-state index in [0.717, 1.165) is 25.8 Å². The molecule has 1 N–H and O–H groups in total. The zero-order chi connectivity index (χ0) is 14.6. The summed E-state index contributed by atoms with van der Waals surface area (Å²) in [6.07, 6.45) is 21.2. The number of hydrogen-bond donors (Lipinski definition) is 1. The first-order chi connectivity index (χ1) is 9.80. The maximum absolute atomic E-state index is 8.92. The number of nitrogens with zero attached hydrogens (tertiary/aromatic N) is 1. The fourth-order valence-electron chi connectivity index (χ4n) is 2.08. The minimum absolute atomic E-state index is 0.0615. The first-order valence-electron chi connectivity index (χ1n) is 7.17. The second-order valence-electron chi connectivity index (χ2n) is 4.68. The Kier molecular flexibility index (Phi) is 8.16. The van der Waals surface area contributed by atoms with Crippen LogP contribution in [-0.2, 0) is 0 Å². The van der Waals surface area contributed by atoms with Gasteiger partial charge in [0.05, 0.1) is 6.61 Å². The maximum atomic E-state index is 8.92. The van der Waals surface area contributed by atoms with Crippen LogP contribution in [0.2, 0.25) is 0 Å². The lowest BCUT2D eigenvalue weighted by Crippen LogP contribution is -2.14. The van der Waals surface area contributed by atoms with Gasteiger partial charge in [0.2, 0.25) is 0 Å². The van der Waals surface area contributed by atoms with Crippen LogP contribution in [0.25, 0.3) is 0 Å². The quantitative estimate of drug-likeness (QED) is 0.672. The molecule has 0 heterocycles. The summed E-state index contributed by atoms with van der Waals surface area (Å²) >= 11 is 0. The number of aliphatic hydroxyl groups excluding tert-OH is 1. The molecule has 0 saturated heterocycles. The minimum Gasteiger partial charge on any atom is -0.392 e. The molecule has 0 aliphatic heterocycles. The predicted octanol–water partition coefficient (Wildman–Crippen LogP) is 4.11. The van der Waals surface area contributed by atoms with Crippen molar-refractivity contribution in [2.24, 2.45) is 0 Å². The summed E-state index contributed by atoms with van der Waals surface area (Å²) in [7, 11) is 0. The molecule has 0 saturated carbocycles. The van der Waals surface area contributed by atoms with Crippen molar-refractivity contribution in [2.75, 3.05) is 13.2 Å². The summed E-state index contributed by atoms with van der Waals surface area (Å²) in [5.41, 5.74) is 2.86. The summed E-state index contributed by atoms with van der Waals surface area (Å²) in [6, 6.07) is 0. The van der Waals surface area contributed by atoms with Crippen LogP contribution < -0.4 is 0 Å². The van der Waals surface area contributed by atoms with Gasteiger partial charge < -0.3 is 10.0 Å². The summed E-state index contributed by atoms with van der Waals surface area (Å²) in [5, 5.41) is 8.92. The molecule has 0 bridgehead atoms. The van der Waals surface area contributed by atoms with Crippen LogP contribution in [0.15, 0.2) is 72.7 Å². The Bertz CT molecular complexity index is 438. The van der Waals surface area contributed by atoms with E-state index in [1.54, 1.807) is 12.2 Å². The van der Waals surface area contributed by atoms with E-state index >= 15 is 0 Å². The molecule has 1 aliphatic carbocycles. The molecule has 0 atom stereocenters. The van der Waals surface area contributed by atoms with Crippen LogP contribution in [0.3, 0.4) is 0 Å². The average Bonchev–Trinajstić information content (AvgIpc) is 2.49. The first kappa shape index (κ1) is 16.3. The fourth-order valence-corrected chi connectivity index (χ4v) is 2.08. The van der Waals surface area contributed by atoms with Crippen LogP contribution in [0.5, 0.6) is 0 Å². The van der Waals surface area contributed by atoms with Crippen LogP contribution in [0.4, 0.5) is 0 Å². The molecule has 0 aromatic carbocycles. The van der Waals surface area contributed by atoms with Crippen molar-refractivity contribution in [2.45, 2.75) is 26.2 Å². The number of rotatable bonds is 8. The van der Waals surface area contributed by atoms with Gasteiger partial charge in [-0.25, -0.2) is 0 Å². The number of allylic oxidation sites excluding steroid dienone is 7. The number of aliphatic hydroxyl groups is 1. The van der Waals surface area contributed by atoms with E-state index in [4.69, 9.17) is 5.11 Å². The second kappa shape index (κ2) is 10.0. The average molecular weight is 271 g/mol. The maximum Gasteiger partial charge on any atom is 0.0629 e. The smallest absolute Gasteiger partial charge is 0.0629 e. The van der Waals surface area contributed by atoms with E-state index in [2.05, 4.69) is 30.6 Å². The second-order valence-corrected chi connectivity index (χ2v) is 4.68. The third-order valence-corrected chi connectivity index (χ3v) is 3.09. The van der Waals surface area contributed by atoms with Crippen molar-refractivity contribution in [1.82, 2.24) is 4.90 Å². The van der Waals surface area contributed by atoms with Crippen molar-refractivity contribution in [3.8, 4) is 0 Å². The van der Waals surface area contributed by atoms with Crippen molar-refractivity contribution >= 4 is 0 Å². The molecular formula is C18H25NO. The fraction of sp³-hybridized carbons (Fsp3) is 0.333. The molecule has 20 heavy (non-hydrogen) atoms. The lowest BCUT2D eigenvalue weighted by atomic mass is 9.98. The molecular weight excluding hydrogens is 246 g/mol. The Morgan fingerprint density at radius 3 is 2.85 bits per heavy atom.